The highest BCUT2D eigenvalue weighted by Crippen LogP contribution is 2.27. The lowest BCUT2D eigenvalue weighted by molar-refractivity contribution is 0.467. The lowest BCUT2D eigenvalue weighted by Gasteiger charge is -2.08. The lowest BCUT2D eigenvalue weighted by Crippen LogP contribution is -2.11. The summed E-state index contributed by atoms with van der Waals surface area (Å²) in [5.74, 6) is 0.779. The summed E-state index contributed by atoms with van der Waals surface area (Å²) in [5, 5.41) is 9.73. The van der Waals surface area contributed by atoms with Gasteiger partial charge in [-0.2, -0.15) is 0 Å². The summed E-state index contributed by atoms with van der Waals surface area (Å²) in [4.78, 5) is 18.7. The molecule has 1 aromatic carbocycles. The third-order valence-corrected chi connectivity index (χ3v) is 3.73. The van der Waals surface area contributed by atoms with Crippen molar-refractivity contribution < 1.29 is 5.11 Å². The number of benzene rings is 1. The van der Waals surface area contributed by atoms with E-state index in [1.54, 1.807) is 19.1 Å². The summed E-state index contributed by atoms with van der Waals surface area (Å²) in [6.07, 6.45) is 0. The topological polar surface area (TPSA) is 66.0 Å². The molecule has 2 aromatic rings. The first-order chi connectivity index (χ1) is 8.40. The number of hydrogen-bond acceptors (Lipinski definition) is 3. The van der Waals surface area contributed by atoms with Crippen molar-refractivity contribution in [1.82, 2.24) is 9.97 Å². The van der Waals surface area contributed by atoms with Crippen LogP contribution in [0.3, 0.4) is 0 Å². The second-order valence-corrected chi connectivity index (χ2v) is 5.07. The smallest absolute Gasteiger partial charge is 0.265 e. The van der Waals surface area contributed by atoms with E-state index in [1.807, 2.05) is 13.8 Å². The fourth-order valence-corrected chi connectivity index (χ4v) is 1.99. The number of H-pyrrole nitrogens is 1. The van der Waals surface area contributed by atoms with Gasteiger partial charge in [-0.3, -0.25) is 4.79 Å². The number of aromatic hydroxyl groups is 1. The molecule has 1 aromatic heterocycles. The molecule has 0 amide bonds. The van der Waals surface area contributed by atoms with E-state index >= 15 is 0 Å². The Hall–Kier alpha value is -1.62. The number of rotatable bonds is 1. The van der Waals surface area contributed by atoms with Crippen LogP contribution in [0.1, 0.15) is 16.8 Å². The van der Waals surface area contributed by atoms with Gasteiger partial charge in [0, 0.05) is 5.56 Å². The minimum absolute atomic E-state index is 0.208. The van der Waals surface area contributed by atoms with Gasteiger partial charge < -0.3 is 10.1 Å². The number of phenols is 1. The first kappa shape index (κ1) is 12.8. The van der Waals surface area contributed by atoms with Crippen LogP contribution in [0.25, 0.3) is 11.4 Å². The van der Waals surface area contributed by atoms with E-state index in [1.165, 1.54) is 0 Å². The Morgan fingerprint density at radius 1 is 1.22 bits per heavy atom. The molecule has 1 heterocycles. The molecule has 0 saturated carbocycles. The SMILES string of the molecule is Cc1cc(-c2nc(C)c(Br)c(=O)[nH]2)cc(C)c1O. The highest BCUT2D eigenvalue weighted by atomic mass is 79.9. The van der Waals surface area contributed by atoms with Crippen LogP contribution in [0.5, 0.6) is 5.75 Å². The fraction of sp³-hybridized carbons (Fsp3) is 0.231. The molecule has 5 heteroatoms. The monoisotopic (exact) mass is 308 g/mol. The van der Waals surface area contributed by atoms with Crippen LogP contribution >= 0.6 is 15.9 Å². The number of nitrogens with zero attached hydrogens (tertiary/aromatic N) is 1. The van der Waals surface area contributed by atoms with Crippen LogP contribution in [0.2, 0.25) is 0 Å². The van der Waals surface area contributed by atoms with E-state index in [2.05, 4.69) is 25.9 Å². The van der Waals surface area contributed by atoms with Crippen LogP contribution in [-0.4, -0.2) is 15.1 Å². The normalized spacial score (nSPS) is 10.7. The van der Waals surface area contributed by atoms with E-state index < -0.39 is 0 Å². The lowest BCUT2D eigenvalue weighted by atomic mass is 10.1. The van der Waals surface area contributed by atoms with Gasteiger partial charge in [0.1, 0.15) is 16.0 Å². The minimum Gasteiger partial charge on any atom is -0.507 e. The average molecular weight is 309 g/mol. The van der Waals surface area contributed by atoms with Gasteiger partial charge in [0.15, 0.2) is 0 Å². The minimum atomic E-state index is -0.208. The number of aromatic amines is 1. The zero-order chi connectivity index (χ0) is 13.4. The second kappa shape index (κ2) is 4.57. The average Bonchev–Trinajstić information content (AvgIpc) is 2.31. The molecule has 0 bridgehead atoms. The van der Waals surface area contributed by atoms with Gasteiger partial charge >= 0.3 is 0 Å². The van der Waals surface area contributed by atoms with Crippen molar-refractivity contribution in [1.29, 1.82) is 0 Å². The standard InChI is InChI=1S/C13H13BrN2O2/c1-6-4-9(5-7(2)11(6)17)12-15-8(3)10(14)13(18)16-12/h4-5,17H,1-3H3,(H,15,16,18). The number of halogens is 1. The number of phenolic OH excluding ortho intramolecular Hbond substituents is 1. The van der Waals surface area contributed by atoms with Crippen LogP contribution in [0, 0.1) is 20.8 Å². The van der Waals surface area contributed by atoms with Crippen molar-refractivity contribution in [3.05, 3.63) is 43.8 Å². The summed E-state index contributed by atoms with van der Waals surface area (Å²) in [6, 6.07) is 3.60. The summed E-state index contributed by atoms with van der Waals surface area (Å²) in [5.41, 5.74) is 2.73. The molecule has 0 aliphatic rings. The van der Waals surface area contributed by atoms with Crippen molar-refractivity contribution in [2.24, 2.45) is 0 Å². The van der Waals surface area contributed by atoms with Gasteiger partial charge in [0.05, 0.1) is 5.69 Å². The molecule has 0 aliphatic carbocycles. The van der Waals surface area contributed by atoms with Gasteiger partial charge in [-0.05, 0) is 60.0 Å². The van der Waals surface area contributed by atoms with E-state index in [0.717, 1.165) is 16.7 Å². The number of aryl methyl sites for hydroxylation is 3. The third kappa shape index (κ3) is 2.18. The molecule has 0 spiro atoms. The van der Waals surface area contributed by atoms with Crippen LogP contribution in [0.15, 0.2) is 21.4 Å². The first-order valence-corrected chi connectivity index (χ1v) is 6.26. The van der Waals surface area contributed by atoms with Gasteiger partial charge in [-0.25, -0.2) is 4.98 Å². The number of aromatic nitrogens is 2. The molecule has 0 unspecified atom stereocenters. The Morgan fingerprint density at radius 2 is 1.78 bits per heavy atom. The van der Waals surface area contributed by atoms with Crippen molar-refractivity contribution in [2.75, 3.05) is 0 Å². The predicted octanol–water partition coefficient (Wildman–Crippen LogP) is 2.83. The Bertz CT molecular complexity index is 654. The number of nitrogens with one attached hydrogen (secondary N) is 1. The molecular weight excluding hydrogens is 296 g/mol. The summed E-state index contributed by atoms with van der Waals surface area (Å²) in [7, 11) is 0. The van der Waals surface area contributed by atoms with Crippen molar-refractivity contribution >= 4 is 15.9 Å². The molecule has 2 rings (SSSR count). The zero-order valence-electron chi connectivity index (χ0n) is 10.3. The summed E-state index contributed by atoms with van der Waals surface area (Å²) in [6.45, 7) is 5.40. The van der Waals surface area contributed by atoms with E-state index in [-0.39, 0.29) is 11.3 Å². The van der Waals surface area contributed by atoms with Crippen LogP contribution in [0.4, 0.5) is 0 Å². The van der Waals surface area contributed by atoms with Gasteiger partial charge in [-0.15, -0.1) is 0 Å². The Kier molecular flexibility index (Phi) is 3.26. The highest BCUT2D eigenvalue weighted by molar-refractivity contribution is 9.10. The first-order valence-electron chi connectivity index (χ1n) is 5.47. The summed E-state index contributed by atoms with van der Waals surface area (Å²) >= 11 is 3.18. The molecule has 0 saturated heterocycles. The van der Waals surface area contributed by atoms with Crippen molar-refractivity contribution in [3.8, 4) is 17.1 Å². The molecule has 0 radical (unpaired) electrons. The van der Waals surface area contributed by atoms with Crippen molar-refractivity contribution in [3.63, 3.8) is 0 Å². The summed E-state index contributed by atoms with van der Waals surface area (Å²) < 4.78 is 0.443. The van der Waals surface area contributed by atoms with E-state index in [0.29, 0.717) is 16.0 Å². The molecule has 0 atom stereocenters. The fourth-order valence-electron chi connectivity index (χ4n) is 1.80. The molecule has 0 fully saturated rings. The molecule has 94 valence electrons. The maximum Gasteiger partial charge on any atom is 0.265 e. The van der Waals surface area contributed by atoms with Gasteiger partial charge in [-0.1, -0.05) is 0 Å². The molecule has 4 nitrogen and oxygen atoms in total. The number of hydrogen-bond donors (Lipinski definition) is 2. The van der Waals surface area contributed by atoms with Gasteiger partial charge in [0.2, 0.25) is 0 Å². The molecule has 18 heavy (non-hydrogen) atoms. The molecule has 0 aliphatic heterocycles. The third-order valence-electron chi connectivity index (χ3n) is 2.79. The van der Waals surface area contributed by atoms with Crippen LogP contribution in [-0.2, 0) is 0 Å². The largest absolute Gasteiger partial charge is 0.507 e. The molecular formula is C13H13BrN2O2. The van der Waals surface area contributed by atoms with Crippen molar-refractivity contribution in [2.45, 2.75) is 20.8 Å². The second-order valence-electron chi connectivity index (χ2n) is 4.27. The maximum atomic E-state index is 11.7. The zero-order valence-corrected chi connectivity index (χ0v) is 11.9. The Morgan fingerprint density at radius 3 is 2.28 bits per heavy atom. The van der Waals surface area contributed by atoms with Crippen LogP contribution < -0.4 is 5.56 Å². The predicted molar refractivity (Wildman–Crippen MR) is 73.9 cm³/mol. The van der Waals surface area contributed by atoms with Gasteiger partial charge in [0.25, 0.3) is 5.56 Å². The van der Waals surface area contributed by atoms with E-state index in [9.17, 15) is 9.90 Å². The van der Waals surface area contributed by atoms with E-state index in [4.69, 9.17) is 0 Å². The molecule has 2 N–H and O–H groups in total. The highest BCUT2D eigenvalue weighted by Gasteiger charge is 2.10. The Balaban J connectivity index is 2.66. The Labute approximate surface area is 113 Å². The maximum absolute atomic E-state index is 11.7. The quantitative estimate of drug-likeness (QED) is 0.851.